The number of rotatable bonds is 8. The molecule has 0 saturated heterocycles. The summed E-state index contributed by atoms with van der Waals surface area (Å²) in [6, 6.07) is 5.75. The highest BCUT2D eigenvalue weighted by atomic mass is 35.5. The Hall–Kier alpha value is -1.63. The van der Waals surface area contributed by atoms with Crippen LogP contribution in [0.4, 0.5) is 0 Å². The van der Waals surface area contributed by atoms with E-state index in [9.17, 15) is 0 Å². The first-order valence-electron chi connectivity index (χ1n) is 6.64. The third-order valence-electron chi connectivity index (χ3n) is 2.97. The van der Waals surface area contributed by atoms with E-state index in [0.29, 0.717) is 24.0 Å². The van der Waals surface area contributed by atoms with E-state index >= 15 is 0 Å². The van der Waals surface area contributed by atoms with Crippen LogP contribution in [0.5, 0.6) is 5.75 Å². The topological polar surface area (TPSA) is 61.2 Å². The van der Waals surface area contributed by atoms with Gasteiger partial charge in [0.05, 0.1) is 11.6 Å². The van der Waals surface area contributed by atoms with Crippen molar-refractivity contribution in [3.05, 3.63) is 40.9 Å². The highest BCUT2D eigenvalue weighted by Crippen LogP contribution is 2.26. The molecular formula is C14H19ClN4O2. The van der Waals surface area contributed by atoms with Gasteiger partial charge in [0.15, 0.2) is 5.82 Å². The first kappa shape index (κ1) is 15.8. The molecule has 0 aliphatic heterocycles. The lowest BCUT2D eigenvalue weighted by Gasteiger charge is -2.10. The highest BCUT2D eigenvalue weighted by molar-refractivity contribution is 6.32. The minimum absolute atomic E-state index is 0.335. The zero-order chi connectivity index (χ0) is 15.1. The van der Waals surface area contributed by atoms with E-state index in [1.165, 1.54) is 0 Å². The van der Waals surface area contributed by atoms with Crippen molar-refractivity contribution in [2.75, 3.05) is 20.3 Å². The monoisotopic (exact) mass is 310 g/mol. The van der Waals surface area contributed by atoms with Gasteiger partial charge in [0.1, 0.15) is 18.7 Å². The molecule has 1 heterocycles. The molecule has 0 radical (unpaired) electrons. The number of hydrogen-bond donors (Lipinski definition) is 1. The fraction of sp³-hybridized carbons (Fsp3) is 0.429. The molecule has 1 N–H and O–H groups in total. The van der Waals surface area contributed by atoms with Gasteiger partial charge in [0.2, 0.25) is 0 Å². The minimum Gasteiger partial charge on any atom is -0.484 e. The van der Waals surface area contributed by atoms with Crippen LogP contribution >= 0.6 is 11.6 Å². The summed E-state index contributed by atoms with van der Waals surface area (Å²) in [5, 5.41) is 11.6. The second-order valence-electron chi connectivity index (χ2n) is 4.58. The van der Waals surface area contributed by atoms with E-state index in [-0.39, 0.29) is 0 Å². The predicted octanol–water partition coefficient (Wildman–Crippen LogP) is 1.78. The van der Waals surface area contributed by atoms with Crippen molar-refractivity contribution in [2.45, 2.75) is 13.2 Å². The number of halogens is 1. The van der Waals surface area contributed by atoms with Gasteiger partial charge in [-0.3, -0.25) is 0 Å². The Bertz CT molecular complexity index is 574. The first-order chi connectivity index (χ1) is 10.2. The Kier molecular flexibility index (Phi) is 5.98. The van der Waals surface area contributed by atoms with Crippen LogP contribution in [-0.4, -0.2) is 35.0 Å². The number of nitrogens with zero attached hydrogens (tertiary/aromatic N) is 3. The van der Waals surface area contributed by atoms with Gasteiger partial charge in [0.25, 0.3) is 0 Å². The number of aromatic nitrogens is 3. The molecule has 0 atom stereocenters. The van der Waals surface area contributed by atoms with Gasteiger partial charge in [-0.05, 0) is 17.7 Å². The number of hydrogen-bond acceptors (Lipinski definition) is 5. The van der Waals surface area contributed by atoms with Gasteiger partial charge >= 0.3 is 0 Å². The molecule has 0 spiro atoms. The second-order valence-corrected chi connectivity index (χ2v) is 4.99. The van der Waals surface area contributed by atoms with E-state index < -0.39 is 0 Å². The average molecular weight is 311 g/mol. The van der Waals surface area contributed by atoms with Crippen LogP contribution in [0.15, 0.2) is 24.5 Å². The van der Waals surface area contributed by atoms with Gasteiger partial charge in [-0.15, -0.1) is 10.2 Å². The van der Waals surface area contributed by atoms with Crippen molar-refractivity contribution in [1.29, 1.82) is 0 Å². The van der Waals surface area contributed by atoms with Gasteiger partial charge in [0, 0.05) is 27.2 Å². The van der Waals surface area contributed by atoms with E-state index in [1.807, 2.05) is 29.8 Å². The molecule has 2 rings (SSSR count). The standard InChI is InChI=1S/C14H19ClN4O2/c1-19-10-17-18-14(19)9-21-13-4-3-11(7-12(13)15)8-16-5-6-20-2/h3-4,7,10,16H,5-6,8-9H2,1-2H3. The van der Waals surface area contributed by atoms with Gasteiger partial charge in [-0.25, -0.2) is 0 Å². The van der Waals surface area contributed by atoms with Crippen molar-refractivity contribution >= 4 is 11.6 Å². The van der Waals surface area contributed by atoms with Crippen LogP contribution in [-0.2, 0) is 24.9 Å². The molecule has 7 heteroatoms. The lowest BCUT2D eigenvalue weighted by molar-refractivity contribution is 0.199. The maximum absolute atomic E-state index is 6.23. The van der Waals surface area contributed by atoms with E-state index in [2.05, 4.69) is 15.5 Å². The fourth-order valence-corrected chi connectivity index (χ4v) is 2.02. The van der Waals surface area contributed by atoms with Gasteiger partial charge < -0.3 is 19.4 Å². The number of aryl methyl sites for hydroxylation is 1. The summed E-state index contributed by atoms with van der Waals surface area (Å²) in [6.07, 6.45) is 1.63. The summed E-state index contributed by atoms with van der Waals surface area (Å²) < 4.78 is 12.4. The van der Waals surface area contributed by atoms with Crippen molar-refractivity contribution < 1.29 is 9.47 Å². The largest absolute Gasteiger partial charge is 0.484 e. The minimum atomic E-state index is 0.335. The van der Waals surface area contributed by atoms with Crippen LogP contribution in [0.1, 0.15) is 11.4 Å². The lowest BCUT2D eigenvalue weighted by Crippen LogP contribution is -2.18. The Labute approximate surface area is 129 Å². The quantitative estimate of drug-likeness (QED) is 0.753. The Morgan fingerprint density at radius 1 is 1.38 bits per heavy atom. The molecule has 0 bridgehead atoms. The average Bonchev–Trinajstić information content (AvgIpc) is 2.88. The molecule has 0 aliphatic carbocycles. The third-order valence-corrected chi connectivity index (χ3v) is 3.27. The molecule has 21 heavy (non-hydrogen) atoms. The Morgan fingerprint density at radius 3 is 2.90 bits per heavy atom. The molecule has 1 aromatic heterocycles. The zero-order valence-corrected chi connectivity index (χ0v) is 12.9. The normalized spacial score (nSPS) is 10.8. The van der Waals surface area contributed by atoms with Crippen molar-refractivity contribution in [3.8, 4) is 5.75 Å². The summed E-state index contributed by atoms with van der Waals surface area (Å²) in [7, 11) is 3.55. The SMILES string of the molecule is COCCNCc1ccc(OCc2nncn2C)c(Cl)c1. The van der Waals surface area contributed by atoms with E-state index in [4.69, 9.17) is 21.1 Å². The van der Waals surface area contributed by atoms with E-state index in [0.717, 1.165) is 24.5 Å². The molecule has 114 valence electrons. The Balaban J connectivity index is 1.88. The molecule has 0 saturated carbocycles. The summed E-state index contributed by atoms with van der Waals surface area (Å²) in [6.45, 7) is 2.57. The Morgan fingerprint density at radius 2 is 2.24 bits per heavy atom. The van der Waals surface area contributed by atoms with Crippen LogP contribution in [0.25, 0.3) is 0 Å². The maximum Gasteiger partial charge on any atom is 0.170 e. The number of nitrogens with one attached hydrogen (secondary N) is 1. The molecule has 6 nitrogen and oxygen atoms in total. The van der Waals surface area contributed by atoms with Crippen LogP contribution < -0.4 is 10.1 Å². The molecule has 0 unspecified atom stereocenters. The second kappa shape index (κ2) is 7.97. The number of ether oxygens (including phenoxy) is 2. The fourth-order valence-electron chi connectivity index (χ4n) is 1.76. The van der Waals surface area contributed by atoms with Gasteiger partial charge in [-0.1, -0.05) is 17.7 Å². The molecule has 0 amide bonds. The van der Waals surface area contributed by atoms with Gasteiger partial charge in [-0.2, -0.15) is 0 Å². The summed E-state index contributed by atoms with van der Waals surface area (Å²) in [5.74, 6) is 1.39. The first-order valence-corrected chi connectivity index (χ1v) is 7.02. The maximum atomic E-state index is 6.23. The summed E-state index contributed by atoms with van der Waals surface area (Å²) in [5.41, 5.74) is 1.10. The van der Waals surface area contributed by atoms with Crippen LogP contribution in [0, 0.1) is 0 Å². The highest BCUT2D eigenvalue weighted by Gasteiger charge is 2.06. The number of benzene rings is 1. The van der Waals surface area contributed by atoms with E-state index in [1.54, 1.807) is 13.4 Å². The lowest BCUT2D eigenvalue weighted by atomic mass is 10.2. The molecule has 0 fully saturated rings. The molecule has 0 aliphatic rings. The predicted molar refractivity (Wildman–Crippen MR) is 80.4 cm³/mol. The number of methoxy groups -OCH3 is 1. The zero-order valence-electron chi connectivity index (χ0n) is 12.2. The van der Waals surface area contributed by atoms with Crippen molar-refractivity contribution in [2.24, 2.45) is 7.05 Å². The smallest absolute Gasteiger partial charge is 0.170 e. The third kappa shape index (κ3) is 4.70. The molecule has 1 aromatic carbocycles. The van der Waals surface area contributed by atoms with Crippen LogP contribution in [0.3, 0.4) is 0 Å². The summed E-state index contributed by atoms with van der Waals surface area (Å²) in [4.78, 5) is 0. The van der Waals surface area contributed by atoms with Crippen LogP contribution in [0.2, 0.25) is 5.02 Å². The van der Waals surface area contributed by atoms with Crippen molar-refractivity contribution in [3.63, 3.8) is 0 Å². The summed E-state index contributed by atoms with van der Waals surface area (Å²) >= 11 is 6.23. The van der Waals surface area contributed by atoms with Crippen molar-refractivity contribution in [1.82, 2.24) is 20.1 Å². The molecule has 2 aromatic rings. The molecular weight excluding hydrogens is 292 g/mol.